The van der Waals surface area contributed by atoms with E-state index in [1.54, 1.807) is 0 Å². The van der Waals surface area contributed by atoms with Crippen LogP contribution in [0.2, 0.25) is 0 Å². The SMILES string of the molecule is CC/C=C\C/C=C\C/C=C\C/C=C\C/C=C\C/C=C\CCCCC(=O)OC(COCCCCCCCCCCCCCCC/C=C\C/C=C\C/C=C\C/C=C\CC)COC1OC(CO)C(O)C(O)C1O. The molecule has 0 radical (unpaired) electrons. The van der Waals surface area contributed by atoms with E-state index in [4.69, 9.17) is 18.9 Å². The molecule has 0 saturated carbocycles. The van der Waals surface area contributed by atoms with Gasteiger partial charge in [0.2, 0.25) is 0 Å². The largest absolute Gasteiger partial charge is 0.457 e. The molecule has 9 heteroatoms. The van der Waals surface area contributed by atoms with Crippen molar-refractivity contribution in [2.24, 2.45) is 0 Å². The Morgan fingerprint density at radius 2 is 0.829 bits per heavy atom. The number of unbranched alkanes of at least 4 members (excludes halogenated alkanes) is 15. The number of carbonyl (C=O) groups excluding carboxylic acids is 1. The maximum absolute atomic E-state index is 12.9. The Balaban J connectivity index is 2.21. The zero-order chi connectivity index (χ0) is 50.6. The number of ether oxygens (including phenoxy) is 4. The molecule has 0 aromatic carbocycles. The van der Waals surface area contributed by atoms with Gasteiger partial charge in [-0.25, -0.2) is 0 Å². The Morgan fingerprint density at radius 3 is 1.24 bits per heavy atom. The Kier molecular flexibility index (Phi) is 46.6. The monoisotopic (exact) mass is 977 g/mol. The van der Waals surface area contributed by atoms with Crippen LogP contribution in [-0.2, 0) is 23.7 Å². The minimum absolute atomic E-state index is 0.118. The first-order valence-electron chi connectivity index (χ1n) is 27.6. The number of rotatable bonds is 46. The molecule has 1 saturated heterocycles. The van der Waals surface area contributed by atoms with Gasteiger partial charge in [0, 0.05) is 13.0 Å². The van der Waals surface area contributed by atoms with Gasteiger partial charge in [-0.2, -0.15) is 0 Å². The van der Waals surface area contributed by atoms with E-state index in [9.17, 15) is 25.2 Å². The first kappa shape index (κ1) is 64.6. The fraction of sp³-hybridized carbons (Fsp3) is 0.656. The number of carbonyl (C=O) groups is 1. The zero-order valence-corrected chi connectivity index (χ0v) is 44.0. The Morgan fingerprint density at radius 1 is 0.457 bits per heavy atom. The lowest BCUT2D eigenvalue weighted by Crippen LogP contribution is -2.59. The van der Waals surface area contributed by atoms with Crippen LogP contribution in [0.25, 0.3) is 0 Å². The quantitative estimate of drug-likeness (QED) is 0.0267. The molecule has 398 valence electrons. The van der Waals surface area contributed by atoms with Crippen LogP contribution >= 0.6 is 0 Å². The first-order valence-corrected chi connectivity index (χ1v) is 27.6. The molecular formula is C61H100O9. The minimum atomic E-state index is -1.55. The Hall–Kier alpha value is -3.41. The van der Waals surface area contributed by atoms with Crippen molar-refractivity contribution in [2.75, 3.05) is 26.4 Å². The van der Waals surface area contributed by atoms with Gasteiger partial charge < -0.3 is 39.4 Å². The molecule has 1 aliphatic rings. The summed E-state index contributed by atoms with van der Waals surface area (Å²) in [5.74, 6) is -0.359. The molecular weight excluding hydrogens is 877 g/mol. The van der Waals surface area contributed by atoms with Crippen molar-refractivity contribution in [1.29, 1.82) is 0 Å². The molecule has 4 N–H and O–H groups in total. The third kappa shape index (κ3) is 40.2. The molecule has 0 aromatic heterocycles. The molecule has 9 nitrogen and oxygen atoms in total. The van der Waals surface area contributed by atoms with E-state index >= 15 is 0 Å². The van der Waals surface area contributed by atoms with Crippen LogP contribution < -0.4 is 0 Å². The Bertz CT molecular complexity index is 1480. The van der Waals surface area contributed by atoms with Gasteiger partial charge in [0.25, 0.3) is 0 Å². The lowest BCUT2D eigenvalue weighted by molar-refractivity contribution is -0.305. The van der Waals surface area contributed by atoms with Crippen LogP contribution in [0.5, 0.6) is 0 Å². The summed E-state index contributed by atoms with van der Waals surface area (Å²) in [5.41, 5.74) is 0. The summed E-state index contributed by atoms with van der Waals surface area (Å²) in [6, 6.07) is 0. The van der Waals surface area contributed by atoms with Gasteiger partial charge in [-0.15, -0.1) is 0 Å². The molecule has 1 rings (SSSR count). The molecule has 0 amide bonds. The van der Waals surface area contributed by atoms with E-state index in [-0.39, 0.29) is 25.6 Å². The van der Waals surface area contributed by atoms with Crippen molar-refractivity contribution in [3.8, 4) is 0 Å². The normalized spacial score (nSPS) is 19.9. The maximum atomic E-state index is 12.9. The lowest BCUT2D eigenvalue weighted by Gasteiger charge is -2.39. The second-order valence-electron chi connectivity index (χ2n) is 18.3. The van der Waals surface area contributed by atoms with Crippen LogP contribution in [0, 0.1) is 0 Å². The van der Waals surface area contributed by atoms with Gasteiger partial charge in [-0.1, -0.05) is 206 Å². The molecule has 1 heterocycles. The van der Waals surface area contributed by atoms with Gasteiger partial charge >= 0.3 is 5.97 Å². The van der Waals surface area contributed by atoms with Crippen LogP contribution in [0.1, 0.15) is 194 Å². The fourth-order valence-electron chi connectivity index (χ4n) is 7.66. The second kappa shape index (κ2) is 50.5. The fourth-order valence-corrected chi connectivity index (χ4v) is 7.66. The highest BCUT2D eigenvalue weighted by Gasteiger charge is 2.44. The van der Waals surface area contributed by atoms with E-state index < -0.39 is 43.4 Å². The third-order valence-corrected chi connectivity index (χ3v) is 11.9. The number of aliphatic hydroxyl groups excluding tert-OH is 4. The third-order valence-electron chi connectivity index (χ3n) is 11.9. The average molecular weight is 977 g/mol. The predicted molar refractivity (Wildman–Crippen MR) is 292 cm³/mol. The van der Waals surface area contributed by atoms with Crippen molar-refractivity contribution in [1.82, 2.24) is 0 Å². The number of hydrogen-bond acceptors (Lipinski definition) is 9. The predicted octanol–water partition coefficient (Wildman–Crippen LogP) is 14.3. The first-order chi connectivity index (χ1) is 34.4. The van der Waals surface area contributed by atoms with Gasteiger partial charge in [-0.3, -0.25) is 4.79 Å². The standard InChI is InChI=1S/C61H100O9/c1-3-5-7-9-11-13-15-17-19-21-23-25-26-27-28-29-31-33-35-37-39-41-43-45-47-49-51-67-53-55(54-68-61-60(66)59(65)58(64)56(52-62)70-61)69-57(63)50-48-46-44-42-40-38-36-34-32-30-24-22-20-18-16-14-12-10-8-6-4-2/h5-8,11-14,17-20,23-25,30,34,36,40,42,55-56,58-62,64-66H,3-4,9-10,15-16,21-22,26-29,31-33,35,37-39,41,43-54H2,1-2H3/b7-5-,8-6-,13-11-,14-12-,19-17-,20-18-,25-23-,30-24-,36-34-,42-40-. The lowest BCUT2D eigenvalue weighted by atomic mass is 9.99. The summed E-state index contributed by atoms with van der Waals surface area (Å²) < 4.78 is 22.9. The summed E-state index contributed by atoms with van der Waals surface area (Å²) in [7, 11) is 0. The molecule has 1 fully saturated rings. The van der Waals surface area contributed by atoms with Gasteiger partial charge in [-0.05, 0) is 103 Å². The van der Waals surface area contributed by atoms with Crippen LogP contribution in [0.3, 0.4) is 0 Å². The van der Waals surface area contributed by atoms with E-state index in [1.807, 2.05) is 0 Å². The number of hydrogen-bond donors (Lipinski definition) is 4. The van der Waals surface area contributed by atoms with E-state index in [1.165, 1.54) is 77.0 Å². The molecule has 6 unspecified atom stereocenters. The van der Waals surface area contributed by atoms with Crippen molar-refractivity contribution in [3.63, 3.8) is 0 Å². The molecule has 1 aliphatic heterocycles. The van der Waals surface area contributed by atoms with E-state index in [2.05, 4.69) is 135 Å². The maximum Gasteiger partial charge on any atom is 0.306 e. The second-order valence-corrected chi connectivity index (χ2v) is 18.3. The van der Waals surface area contributed by atoms with Crippen molar-refractivity contribution < 1.29 is 44.2 Å². The molecule has 6 atom stereocenters. The Labute approximate surface area is 427 Å². The van der Waals surface area contributed by atoms with Crippen LogP contribution in [-0.4, -0.2) is 89.6 Å². The summed E-state index contributed by atoms with van der Waals surface area (Å²) in [6.45, 7) is 4.27. The molecule has 0 aliphatic carbocycles. The number of esters is 1. The smallest absolute Gasteiger partial charge is 0.306 e. The minimum Gasteiger partial charge on any atom is -0.457 e. The number of aliphatic hydroxyl groups is 4. The highest BCUT2D eigenvalue weighted by Crippen LogP contribution is 2.23. The summed E-state index contributed by atoms with van der Waals surface area (Å²) in [4.78, 5) is 12.9. The van der Waals surface area contributed by atoms with Crippen LogP contribution in [0.15, 0.2) is 122 Å². The van der Waals surface area contributed by atoms with Crippen molar-refractivity contribution in [3.05, 3.63) is 122 Å². The highest BCUT2D eigenvalue weighted by molar-refractivity contribution is 5.69. The van der Waals surface area contributed by atoms with Crippen molar-refractivity contribution >= 4 is 5.97 Å². The molecule has 70 heavy (non-hydrogen) atoms. The average Bonchev–Trinajstić information content (AvgIpc) is 3.36. The summed E-state index contributed by atoms with van der Waals surface area (Å²) >= 11 is 0. The van der Waals surface area contributed by atoms with E-state index in [0.717, 1.165) is 89.9 Å². The van der Waals surface area contributed by atoms with E-state index in [0.29, 0.717) is 13.0 Å². The topological polar surface area (TPSA) is 135 Å². The van der Waals surface area contributed by atoms with Gasteiger partial charge in [0.1, 0.15) is 30.5 Å². The molecule has 0 spiro atoms. The van der Waals surface area contributed by atoms with Gasteiger partial charge in [0.15, 0.2) is 6.29 Å². The molecule has 0 aromatic rings. The van der Waals surface area contributed by atoms with Crippen molar-refractivity contribution in [2.45, 2.75) is 230 Å². The summed E-state index contributed by atoms with van der Waals surface area (Å²) in [6.07, 6.45) is 66.7. The van der Waals surface area contributed by atoms with Gasteiger partial charge in [0.05, 0.1) is 19.8 Å². The molecule has 0 bridgehead atoms. The summed E-state index contributed by atoms with van der Waals surface area (Å²) in [5, 5.41) is 40.3. The zero-order valence-electron chi connectivity index (χ0n) is 44.0. The van der Waals surface area contributed by atoms with Crippen LogP contribution in [0.4, 0.5) is 0 Å². The highest BCUT2D eigenvalue weighted by atomic mass is 16.7. The number of allylic oxidation sites excluding steroid dienone is 20.